The Balaban J connectivity index is 2.07. The zero-order valence-electron chi connectivity index (χ0n) is 13.9. The van der Waals surface area contributed by atoms with Gasteiger partial charge in [-0.25, -0.2) is 0 Å². The molecule has 126 valence electrons. The smallest absolute Gasteiger partial charge is 0.239 e. The van der Waals surface area contributed by atoms with E-state index in [-0.39, 0.29) is 36.9 Å². The van der Waals surface area contributed by atoms with Gasteiger partial charge < -0.3 is 15.3 Å². The van der Waals surface area contributed by atoms with Gasteiger partial charge in [0.25, 0.3) is 0 Å². The van der Waals surface area contributed by atoms with E-state index in [0.717, 1.165) is 38.5 Å². The molecule has 2 rings (SSSR count). The second-order valence-electron chi connectivity index (χ2n) is 6.95. The summed E-state index contributed by atoms with van der Waals surface area (Å²) in [7, 11) is 0. The van der Waals surface area contributed by atoms with Crippen molar-refractivity contribution in [2.45, 2.75) is 89.3 Å². The molecule has 2 aliphatic rings. The summed E-state index contributed by atoms with van der Waals surface area (Å²) in [4.78, 5) is 26.4. The predicted octanol–water partition coefficient (Wildman–Crippen LogP) is 1.98. The summed E-state index contributed by atoms with van der Waals surface area (Å²) < 4.78 is 0. The summed E-state index contributed by atoms with van der Waals surface area (Å²) >= 11 is 0. The average molecular weight is 310 g/mol. The first-order valence-corrected chi connectivity index (χ1v) is 8.80. The van der Waals surface area contributed by atoms with Crippen molar-refractivity contribution in [1.29, 1.82) is 0 Å². The first-order valence-electron chi connectivity index (χ1n) is 8.80. The fourth-order valence-electron chi connectivity index (χ4n) is 4.07. The molecule has 2 N–H and O–H groups in total. The molecule has 2 amide bonds. The zero-order valence-corrected chi connectivity index (χ0v) is 13.9. The Morgan fingerprint density at radius 1 is 1.27 bits per heavy atom. The summed E-state index contributed by atoms with van der Waals surface area (Å²) in [5, 5.41) is 13.7. The highest BCUT2D eigenvalue weighted by Crippen LogP contribution is 2.29. The van der Waals surface area contributed by atoms with E-state index < -0.39 is 5.60 Å². The van der Waals surface area contributed by atoms with Gasteiger partial charge in [-0.15, -0.1) is 0 Å². The van der Waals surface area contributed by atoms with E-state index in [0.29, 0.717) is 12.8 Å². The summed E-state index contributed by atoms with van der Waals surface area (Å²) in [5.74, 6) is -0.123. The molecule has 0 aromatic heterocycles. The summed E-state index contributed by atoms with van der Waals surface area (Å²) in [5.41, 5.74) is -0.918. The summed E-state index contributed by atoms with van der Waals surface area (Å²) in [6, 6.07) is 0.218. The quantitative estimate of drug-likeness (QED) is 0.788. The normalized spacial score (nSPS) is 25.6. The monoisotopic (exact) mass is 310 g/mol. The number of carbonyl (C=O) groups excluding carboxylic acids is 2. The average Bonchev–Trinajstić information content (AvgIpc) is 2.46. The predicted molar refractivity (Wildman–Crippen MR) is 85.3 cm³/mol. The molecule has 0 spiro atoms. The van der Waals surface area contributed by atoms with E-state index in [2.05, 4.69) is 5.32 Å². The van der Waals surface area contributed by atoms with Crippen LogP contribution >= 0.6 is 0 Å². The lowest BCUT2D eigenvalue weighted by molar-refractivity contribution is -0.148. The van der Waals surface area contributed by atoms with Gasteiger partial charge in [-0.1, -0.05) is 39.5 Å². The molecule has 0 aromatic carbocycles. The molecule has 2 fully saturated rings. The van der Waals surface area contributed by atoms with Crippen molar-refractivity contribution >= 4 is 11.8 Å². The number of fused-ring (bicyclic) bond motifs is 1. The van der Waals surface area contributed by atoms with Gasteiger partial charge in [-0.3, -0.25) is 9.59 Å². The molecule has 1 saturated heterocycles. The zero-order chi connectivity index (χ0) is 16.2. The Morgan fingerprint density at radius 2 is 1.91 bits per heavy atom. The molecule has 1 heterocycles. The topological polar surface area (TPSA) is 69.6 Å². The fourth-order valence-corrected chi connectivity index (χ4v) is 4.07. The van der Waals surface area contributed by atoms with Crippen molar-refractivity contribution in [1.82, 2.24) is 10.2 Å². The van der Waals surface area contributed by atoms with E-state index in [9.17, 15) is 14.7 Å². The van der Waals surface area contributed by atoms with Crippen LogP contribution in [0.1, 0.15) is 71.6 Å². The van der Waals surface area contributed by atoms with Crippen molar-refractivity contribution < 1.29 is 14.7 Å². The maximum absolute atomic E-state index is 12.7. The molecule has 2 atom stereocenters. The number of rotatable bonds is 6. The Kier molecular flexibility index (Phi) is 5.84. The molecule has 1 aliphatic carbocycles. The highest BCUT2D eigenvalue weighted by molar-refractivity contribution is 5.87. The van der Waals surface area contributed by atoms with Crippen LogP contribution in [-0.4, -0.2) is 46.1 Å². The van der Waals surface area contributed by atoms with Gasteiger partial charge in [0.2, 0.25) is 11.8 Å². The number of carbonyl (C=O) groups is 2. The fraction of sp³-hybridized carbons (Fsp3) is 0.882. The Hall–Kier alpha value is -1.10. The van der Waals surface area contributed by atoms with Crippen LogP contribution in [0, 0.1) is 0 Å². The molecule has 0 radical (unpaired) electrons. The molecule has 22 heavy (non-hydrogen) atoms. The van der Waals surface area contributed by atoms with E-state index in [1.54, 1.807) is 4.90 Å². The first-order chi connectivity index (χ1) is 10.5. The molecule has 1 saturated carbocycles. The maximum atomic E-state index is 12.7. The SMILES string of the molecule is CCCC(O)(CCC)CC(=O)N1CC(=O)NC2CCCCC21. The largest absolute Gasteiger partial charge is 0.389 e. The van der Waals surface area contributed by atoms with Crippen LogP contribution in [0.3, 0.4) is 0 Å². The standard InChI is InChI=1S/C17H30N2O3/c1-3-9-17(22,10-4-2)11-16(21)19-12-15(20)18-13-7-5-6-8-14(13)19/h13-14,22H,3-12H2,1-2H3,(H,18,20). The van der Waals surface area contributed by atoms with Gasteiger partial charge in [0, 0.05) is 6.04 Å². The molecule has 0 aromatic rings. The molecule has 5 nitrogen and oxygen atoms in total. The van der Waals surface area contributed by atoms with Crippen LogP contribution in [-0.2, 0) is 9.59 Å². The number of amides is 2. The first kappa shape index (κ1) is 17.3. The lowest BCUT2D eigenvalue weighted by Gasteiger charge is -2.44. The van der Waals surface area contributed by atoms with E-state index in [4.69, 9.17) is 0 Å². The second kappa shape index (κ2) is 7.44. The third-order valence-electron chi connectivity index (χ3n) is 5.02. The third kappa shape index (κ3) is 4.00. The molecular formula is C17H30N2O3. The van der Waals surface area contributed by atoms with E-state index in [1.807, 2.05) is 13.8 Å². The van der Waals surface area contributed by atoms with Gasteiger partial charge in [0.1, 0.15) is 0 Å². The Morgan fingerprint density at radius 3 is 2.55 bits per heavy atom. The highest BCUT2D eigenvalue weighted by Gasteiger charge is 2.40. The van der Waals surface area contributed by atoms with Crippen LogP contribution in [0.5, 0.6) is 0 Å². The van der Waals surface area contributed by atoms with Crippen molar-refractivity contribution in [3.8, 4) is 0 Å². The lowest BCUT2D eigenvalue weighted by atomic mass is 9.85. The van der Waals surface area contributed by atoms with Gasteiger partial charge in [-0.2, -0.15) is 0 Å². The van der Waals surface area contributed by atoms with Crippen molar-refractivity contribution in [2.24, 2.45) is 0 Å². The molecule has 2 unspecified atom stereocenters. The summed E-state index contributed by atoms with van der Waals surface area (Å²) in [6.45, 7) is 4.20. The van der Waals surface area contributed by atoms with Gasteiger partial charge in [0.05, 0.1) is 24.6 Å². The summed E-state index contributed by atoms with van der Waals surface area (Å²) in [6.07, 6.45) is 7.26. The van der Waals surface area contributed by atoms with Gasteiger partial charge in [0.15, 0.2) is 0 Å². The van der Waals surface area contributed by atoms with Crippen molar-refractivity contribution in [3.63, 3.8) is 0 Å². The number of hydrogen-bond acceptors (Lipinski definition) is 3. The number of aliphatic hydroxyl groups is 1. The number of piperazine rings is 1. The van der Waals surface area contributed by atoms with Gasteiger partial charge in [-0.05, 0) is 25.7 Å². The minimum absolute atomic E-state index is 0.0591. The van der Waals surface area contributed by atoms with E-state index >= 15 is 0 Å². The highest BCUT2D eigenvalue weighted by atomic mass is 16.3. The van der Waals surface area contributed by atoms with Gasteiger partial charge >= 0.3 is 0 Å². The number of hydrogen-bond donors (Lipinski definition) is 2. The molecule has 0 bridgehead atoms. The molecule has 5 heteroatoms. The maximum Gasteiger partial charge on any atom is 0.239 e. The molecular weight excluding hydrogens is 280 g/mol. The number of nitrogens with zero attached hydrogens (tertiary/aromatic N) is 1. The lowest BCUT2D eigenvalue weighted by Crippen LogP contribution is -2.63. The van der Waals surface area contributed by atoms with Crippen LogP contribution < -0.4 is 5.32 Å². The van der Waals surface area contributed by atoms with E-state index in [1.165, 1.54) is 0 Å². The van der Waals surface area contributed by atoms with Crippen LogP contribution in [0.4, 0.5) is 0 Å². The Bertz CT molecular complexity index is 405. The second-order valence-corrected chi connectivity index (χ2v) is 6.95. The van der Waals surface area contributed by atoms with Crippen LogP contribution in [0.15, 0.2) is 0 Å². The molecule has 1 aliphatic heterocycles. The Labute approximate surface area is 133 Å². The minimum Gasteiger partial charge on any atom is -0.389 e. The minimum atomic E-state index is -0.918. The van der Waals surface area contributed by atoms with Crippen LogP contribution in [0.25, 0.3) is 0 Å². The third-order valence-corrected chi connectivity index (χ3v) is 5.02. The number of nitrogens with one attached hydrogen (secondary N) is 1. The van der Waals surface area contributed by atoms with Crippen molar-refractivity contribution in [2.75, 3.05) is 6.54 Å². The van der Waals surface area contributed by atoms with Crippen LogP contribution in [0.2, 0.25) is 0 Å². The van der Waals surface area contributed by atoms with Crippen molar-refractivity contribution in [3.05, 3.63) is 0 Å².